The minimum atomic E-state index is 0.656. The lowest BCUT2D eigenvalue weighted by Gasteiger charge is -2.41. The number of rotatable bonds is 7. The Hall–Kier alpha value is -0.930. The van der Waals surface area contributed by atoms with Crippen molar-refractivity contribution in [3.05, 3.63) is 30.1 Å². The lowest BCUT2D eigenvalue weighted by Crippen LogP contribution is -2.45. The summed E-state index contributed by atoms with van der Waals surface area (Å²) >= 11 is 0. The minimum Gasteiger partial charge on any atom is -0.330 e. The molecular formula is C18H31N3. The van der Waals surface area contributed by atoms with Gasteiger partial charge >= 0.3 is 0 Å². The van der Waals surface area contributed by atoms with Crippen LogP contribution in [0.3, 0.4) is 0 Å². The Labute approximate surface area is 129 Å². The SMILES string of the molecule is CCCC1CCC(CN)C(N(C)CCc2ccccn2)C1. The quantitative estimate of drug-likeness (QED) is 0.838. The zero-order chi connectivity index (χ0) is 15.1. The average molecular weight is 289 g/mol. The Kier molecular flexibility index (Phi) is 6.65. The highest BCUT2D eigenvalue weighted by atomic mass is 15.1. The molecule has 1 aromatic rings. The van der Waals surface area contributed by atoms with Crippen molar-refractivity contribution in [3.63, 3.8) is 0 Å². The molecule has 2 rings (SSSR count). The molecule has 0 radical (unpaired) electrons. The van der Waals surface area contributed by atoms with Gasteiger partial charge in [-0.05, 0) is 50.4 Å². The van der Waals surface area contributed by atoms with Gasteiger partial charge in [0.05, 0.1) is 0 Å². The highest BCUT2D eigenvalue weighted by molar-refractivity contribution is 5.04. The summed E-state index contributed by atoms with van der Waals surface area (Å²) in [5, 5.41) is 0. The van der Waals surface area contributed by atoms with E-state index in [0.29, 0.717) is 12.0 Å². The van der Waals surface area contributed by atoms with E-state index in [-0.39, 0.29) is 0 Å². The van der Waals surface area contributed by atoms with Crippen LogP contribution in [0.25, 0.3) is 0 Å². The van der Waals surface area contributed by atoms with E-state index in [0.717, 1.165) is 25.4 Å². The number of hydrogen-bond donors (Lipinski definition) is 1. The lowest BCUT2D eigenvalue weighted by molar-refractivity contribution is 0.101. The summed E-state index contributed by atoms with van der Waals surface area (Å²) in [5.41, 5.74) is 7.21. The average Bonchev–Trinajstić information content (AvgIpc) is 2.54. The van der Waals surface area contributed by atoms with E-state index in [4.69, 9.17) is 5.73 Å². The van der Waals surface area contributed by atoms with Gasteiger partial charge in [-0.25, -0.2) is 0 Å². The summed E-state index contributed by atoms with van der Waals surface area (Å²) < 4.78 is 0. The van der Waals surface area contributed by atoms with Gasteiger partial charge < -0.3 is 10.6 Å². The van der Waals surface area contributed by atoms with E-state index < -0.39 is 0 Å². The Morgan fingerprint density at radius 1 is 1.33 bits per heavy atom. The maximum Gasteiger partial charge on any atom is 0.0416 e. The second kappa shape index (κ2) is 8.50. The standard InChI is InChI=1S/C18H31N3/c1-3-6-15-8-9-16(14-19)18(13-15)21(2)12-10-17-7-4-5-11-20-17/h4-5,7,11,15-16,18H,3,6,8-10,12-14,19H2,1-2H3. The van der Waals surface area contributed by atoms with Gasteiger partial charge in [-0.3, -0.25) is 4.98 Å². The van der Waals surface area contributed by atoms with Crippen molar-refractivity contribution in [2.24, 2.45) is 17.6 Å². The first-order chi connectivity index (χ1) is 10.2. The van der Waals surface area contributed by atoms with Crippen LogP contribution in [0.15, 0.2) is 24.4 Å². The predicted molar refractivity (Wildman–Crippen MR) is 89.2 cm³/mol. The second-order valence-electron chi connectivity index (χ2n) is 6.58. The number of hydrogen-bond acceptors (Lipinski definition) is 3. The van der Waals surface area contributed by atoms with Crippen LogP contribution >= 0.6 is 0 Å². The molecule has 0 aliphatic heterocycles. The molecule has 1 aliphatic rings. The van der Waals surface area contributed by atoms with Crippen LogP contribution in [0.1, 0.15) is 44.7 Å². The molecule has 0 saturated heterocycles. The number of likely N-dealkylation sites (N-methyl/N-ethyl adjacent to an activating group) is 1. The molecule has 21 heavy (non-hydrogen) atoms. The van der Waals surface area contributed by atoms with E-state index in [1.807, 2.05) is 12.3 Å². The molecule has 0 bridgehead atoms. The third-order valence-electron chi connectivity index (χ3n) is 5.08. The fourth-order valence-electron chi connectivity index (χ4n) is 3.78. The summed E-state index contributed by atoms with van der Waals surface area (Å²) in [6.07, 6.45) is 9.61. The van der Waals surface area contributed by atoms with Crippen molar-refractivity contribution in [2.75, 3.05) is 20.1 Å². The summed E-state index contributed by atoms with van der Waals surface area (Å²) in [6, 6.07) is 6.83. The molecule has 0 spiro atoms. The Balaban J connectivity index is 1.89. The first kappa shape index (κ1) is 16.4. The molecule has 1 aliphatic carbocycles. The van der Waals surface area contributed by atoms with Crippen molar-refractivity contribution in [3.8, 4) is 0 Å². The van der Waals surface area contributed by atoms with Crippen molar-refractivity contribution < 1.29 is 0 Å². The van der Waals surface area contributed by atoms with Gasteiger partial charge in [-0.1, -0.05) is 32.3 Å². The maximum atomic E-state index is 6.02. The number of nitrogens with zero attached hydrogens (tertiary/aromatic N) is 2. The molecule has 3 heteroatoms. The molecule has 3 atom stereocenters. The van der Waals surface area contributed by atoms with Crippen molar-refractivity contribution >= 4 is 0 Å². The maximum absolute atomic E-state index is 6.02. The number of aromatic nitrogens is 1. The Morgan fingerprint density at radius 3 is 2.86 bits per heavy atom. The van der Waals surface area contributed by atoms with Crippen LogP contribution in [-0.2, 0) is 6.42 Å². The summed E-state index contributed by atoms with van der Waals surface area (Å²) in [5.74, 6) is 1.58. The predicted octanol–water partition coefficient (Wildman–Crippen LogP) is 3.10. The molecule has 0 amide bonds. The van der Waals surface area contributed by atoms with E-state index in [9.17, 15) is 0 Å². The molecule has 118 valence electrons. The highest BCUT2D eigenvalue weighted by Crippen LogP contribution is 2.33. The van der Waals surface area contributed by atoms with Gasteiger partial charge in [0, 0.05) is 30.9 Å². The van der Waals surface area contributed by atoms with Crippen LogP contribution in [0, 0.1) is 11.8 Å². The molecule has 1 fully saturated rings. The van der Waals surface area contributed by atoms with Crippen molar-refractivity contribution in [1.82, 2.24) is 9.88 Å². The van der Waals surface area contributed by atoms with Crippen LogP contribution in [0.4, 0.5) is 0 Å². The molecule has 1 saturated carbocycles. The van der Waals surface area contributed by atoms with Crippen molar-refractivity contribution in [2.45, 2.75) is 51.5 Å². The van der Waals surface area contributed by atoms with Gasteiger partial charge in [0.15, 0.2) is 0 Å². The fraction of sp³-hybridized carbons (Fsp3) is 0.722. The van der Waals surface area contributed by atoms with Gasteiger partial charge in [-0.2, -0.15) is 0 Å². The lowest BCUT2D eigenvalue weighted by atomic mass is 9.76. The van der Waals surface area contributed by atoms with E-state index in [2.05, 4.69) is 36.0 Å². The fourth-order valence-corrected chi connectivity index (χ4v) is 3.78. The summed E-state index contributed by atoms with van der Waals surface area (Å²) in [6.45, 7) is 4.21. The molecule has 1 heterocycles. The zero-order valence-electron chi connectivity index (χ0n) is 13.7. The normalized spacial score (nSPS) is 26.2. The third-order valence-corrected chi connectivity index (χ3v) is 5.08. The largest absolute Gasteiger partial charge is 0.330 e. The Bertz CT molecular complexity index is 393. The van der Waals surface area contributed by atoms with Gasteiger partial charge in [0.25, 0.3) is 0 Å². The summed E-state index contributed by atoms with van der Waals surface area (Å²) in [7, 11) is 2.27. The zero-order valence-corrected chi connectivity index (χ0v) is 13.7. The molecule has 1 aromatic heterocycles. The van der Waals surface area contributed by atoms with E-state index >= 15 is 0 Å². The van der Waals surface area contributed by atoms with Crippen LogP contribution in [0.2, 0.25) is 0 Å². The second-order valence-corrected chi connectivity index (χ2v) is 6.58. The molecule has 3 nitrogen and oxygen atoms in total. The first-order valence-corrected chi connectivity index (χ1v) is 8.54. The van der Waals surface area contributed by atoms with Gasteiger partial charge in [0.2, 0.25) is 0 Å². The molecule has 0 aromatic carbocycles. The van der Waals surface area contributed by atoms with Crippen molar-refractivity contribution in [1.29, 1.82) is 0 Å². The minimum absolute atomic E-state index is 0.656. The monoisotopic (exact) mass is 289 g/mol. The molecule has 2 N–H and O–H groups in total. The topological polar surface area (TPSA) is 42.1 Å². The summed E-state index contributed by atoms with van der Waals surface area (Å²) in [4.78, 5) is 6.96. The van der Waals surface area contributed by atoms with Gasteiger partial charge in [0.1, 0.15) is 0 Å². The van der Waals surface area contributed by atoms with Crippen LogP contribution in [0.5, 0.6) is 0 Å². The number of nitrogens with two attached hydrogens (primary N) is 1. The Morgan fingerprint density at radius 2 is 2.19 bits per heavy atom. The smallest absolute Gasteiger partial charge is 0.0416 e. The first-order valence-electron chi connectivity index (χ1n) is 8.54. The molecular weight excluding hydrogens is 258 g/mol. The number of pyridine rings is 1. The van der Waals surface area contributed by atoms with Gasteiger partial charge in [-0.15, -0.1) is 0 Å². The third kappa shape index (κ3) is 4.79. The van der Waals surface area contributed by atoms with Crippen LogP contribution < -0.4 is 5.73 Å². The van der Waals surface area contributed by atoms with E-state index in [1.165, 1.54) is 37.8 Å². The highest BCUT2D eigenvalue weighted by Gasteiger charge is 2.31. The molecule has 3 unspecified atom stereocenters. The van der Waals surface area contributed by atoms with E-state index in [1.54, 1.807) is 0 Å². The van der Waals surface area contributed by atoms with Crippen LogP contribution in [-0.4, -0.2) is 36.1 Å².